The van der Waals surface area contributed by atoms with Gasteiger partial charge in [-0.3, -0.25) is 9.59 Å². The lowest BCUT2D eigenvalue weighted by molar-refractivity contribution is -0.131. The average Bonchev–Trinajstić information content (AvgIpc) is 4.17. The van der Waals surface area contributed by atoms with E-state index in [-0.39, 0.29) is 23.9 Å². The van der Waals surface area contributed by atoms with Crippen LogP contribution >= 0.6 is 0 Å². The van der Waals surface area contributed by atoms with Crippen molar-refractivity contribution >= 4 is 45.8 Å². The third-order valence-corrected chi connectivity index (χ3v) is 12.9. The summed E-state index contributed by atoms with van der Waals surface area (Å²) < 4.78 is 15.2. The van der Waals surface area contributed by atoms with E-state index < -0.39 is 0 Å². The number of imidazole rings is 2. The van der Waals surface area contributed by atoms with Crippen LogP contribution in [0.4, 0.5) is 0 Å². The fourth-order valence-electron chi connectivity index (χ4n) is 9.39. The summed E-state index contributed by atoms with van der Waals surface area (Å²) in [6, 6.07) is 28.5. The summed E-state index contributed by atoms with van der Waals surface area (Å²) in [5, 5.41) is 2.34. The fourth-order valence-corrected chi connectivity index (χ4v) is 9.39. The number of aryl methyl sites for hydroxylation is 2. The van der Waals surface area contributed by atoms with Crippen molar-refractivity contribution in [3.63, 3.8) is 0 Å². The Bertz CT molecular complexity index is 2900. The number of carbonyl (C=O) groups excluding carboxylic acids is 2. The van der Waals surface area contributed by atoms with Gasteiger partial charge in [-0.1, -0.05) is 48.5 Å². The van der Waals surface area contributed by atoms with Crippen LogP contribution in [0.25, 0.3) is 45.3 Å². The molecule has 2 N–H and O–H groups in total. The summed E-state index contributed by atoms with van der Waals surface area (Å²) in [4.78, 5) is 46.2. The molecule has 2 aliphatic rings. The number of benzene rings is 4. The Morgan fingerprint density at radius 1 is 0.606 bits per heavy atom. The van der Waals surface area contributed by atoms with E-state index in [2.05, 4.69) is 58.0 Å². The molecule has 2 atom stereocenters. The normalized spacial score (nSPS) is 16.5. The molecule has 66 heavy (non-hydrogen) atoms. The number of para-hydroxylation sites is 2. The Morgan fingerprint density at radius 3 is 1.42 bits per heavy atom. The second-order valence-electron chi connectivity index (χ2n) is 17.2. The van der Waals surface area contributed by atoms with E-state index in [1.807, 2.05) is 130 Å². The Balaban J connectivity index is 0.000000166. The first kappa shape index (κ1) is 43.6. The minimum atomic E-state index is -0.00116. The second-order valence-corrected chi connectivity index (χ2v) is 17.2. The van der Waals surface area contributed by atoms with Gasteiger partial charge in [0.1, 0.15) is 11.5 Å². The third kappa shape index (κ3) is 8.78. The minimum Gasteiger partial charge on any atom is -0.495 e. The van der Waals surface area contributed by atoms with E-state index in [0.717, 1.165) is 117 Å². The number of nitrogens with zero attached hydrogens (tertiary/aromatic N) is 6. The molecular weight excluding hydrogens is 825 g/mol. The van der Waals surface area contributed by atoms with Crippen LogP contribution in [-0.2, 0) is 9.59 Å². The highest BCUT2D eigenvalue weighted by molar-refractivity contribution is 6.00. The second kappa shape index (κ2) is 18.9. The van der Waals surface area contributed by atoms with Gasteiger partial charge in [0.2, 0.25) is 11.8 Å². The highest BCUT2D eigenvalue weighted by atomic mass is 16.5. The average molecular weight is 881 g/mol. The molecule has 12 heteroatoms. The van der Waals surface area contributed by atoms with Gasteiger partial charge in [-0.2, -0.15) is 0 Å². The van der Waals surface area contributed by atoms with Crippen LogP contribution in [0.15, 0.2) is 134 Å². The van der Waals surface area contributed by atoms with Gasteiger partial charge >= 0.3 is 0 Å². The smallest absolute Gasteiger partial charge is 0.250 e. The van der Waals surface area contributed by atoms with E-state index >= 15 is 0 Å². The number of methoxy groups -OCH3 is 2. The molecule has 10 rings (SSSR count). The molecule has 2 aliphatic heterocycles. The van der Waals surface area contributed by atoms with E-state index in [1.54, 1.807) is 26.9 Å². The van der Waals surface area contributed by atoms with Crippen molar-refractivity contribution in [3.8, 4) is 22.9 Å². The number of H-pyrrole nitrogens is 2. The van der Waals surface area contributed by atoms with Gasteiger partial charge < -0.3 is 38.4 Å². The molecule has 0 aliphatic carbocycles. The van der Waals surface area contributed by atoms with Crippen LogP contribution in [0.2, 0.25) is 0 Å². The van der Waals surface area contributed by atoms with Crippen molar-refractivity contribution in [1.82, 2.24) is 38.9 Å². The molecule has 0 bridgehead atoms. The summed E-state index contributed by atoms with van der Waals surface area (Å²) >= 11 is 0. The van der Waals surface area contributed by atoms with Gasteiger partial charge in [0, 0.05) is 70.8 Å². The molecule has 4 aromatic carbocycles. The first-order valence-corrected chi connectivity index (χ1v) is 22.6. The van der Waals surface area contributed by atoms with Crippen LogP contribution in [0, 0.1) is 13.8 Å². The molecule has 0 radical (unpaired) electrons. The predicted molar refractivity (Wildman–Crippen MR) is 261 cm³/mol. The SMILES string of the molecule is COc1cc(/C=C2\CCCN([C@@H](C)c3c[nH]c4ccccc34)C2=O)ccc1-n1cnc(C)c1.COc1cc(/C=C2\CCCN([C@H](C)c3c[nH]c4ccccc34)C2=O)ccc1-n1cnc(C)c1. The lowest BCUT2D eigenvalue weighted by Gasteiger charge is -2.34. The maximum atomic E-state index is 13.5. The number of hydrogen-bond donors (Lipinski definition) is 2. The highest BCUT2D eigenvalue weighted by Crippen LogP contribution is 2.35. The molecule has 0 saturated carbocycles. The molecule has 6 heterocycles. The number of ether oxygens (including phenoxy) is 2. The summed E-state index contributed by atoms with van der Waals surface area (Å²) in [6.07, 6.45) is 19.0. The minimum absolute atomic E-state index is 0.00116. The van der Waals surface area contributed by atoms with Crippen molar-refractivity contribution in [3.05, 3.63) is 167 Å². The van der Waals surface area contributed by atoms with Gasteiger partial charge in [0.25, 0.3) is 0 Å². The molecule has 2 amide bonds. The summed E-state index contributed by atoms with van der Waals surface area (Å²) in [5.74, 6) is 1.70. The molecule has 2 saturated heterocycles. The zero-order valence-corrected chi connectivity index (χ0v) is 38.4. The first-order chi connectivity index (χ1) is 32.1. The Kier molecular flexibility index (Phi) is 12.5. The molecule has 2 fully saturated rings. The molecule has 0 unspecified atom stereocenters. The zero-order chi connectivity index (χ0) is 45.9. The molecule has 8 aromatic rings. The van der Waals surface area contributed by atoms with Crippen LogP contribution in [-0.4, -0.2) is 78.0 Å². The van der Waals surface area contributed by atoms with Crippen molar-refractivity contribution in [2.75, 3.05) is 27.3 Å². The maximum absolute atomic E-state index is 13.5. The molecule has 12 nitrogen and oxygen atoms in total. The van der Waals surface area contributed by atoms with Crippen molar-refractivity contribution < 1.29 is 19.1 Å². The van der Waals surface area contributed by atoms with Gasteiger partial charge in [-0.25, -0.2) is 9.97 Å². The zero-order valence-electron chi connectivity index (χ0n) is 38.4. The largest absolute Gasteiger partial charge is 0.495 e. The Labute approximate surface area is 385 Å². The molecule has 0 spiro atoms. The Morgan fingerprint density at radius 2 is 1.03 bits per heavy atom. The number of aromatic nitrogens is 6. The standard InChI is InChI=1S/2C27H28N4O2/c2*1-18-16-30(17-29-18)25-11-10-20(14-26(25)33-3)13-21-7-6-12-31(27(21)32)19(2)23-15-28-24-9-5-4-8-22(23)24/h2*4-5,8-11,13-17,19,28H,6-7,12H2,1-3H3/b2*21-13+/t2*19-/m10/s1. The van der Waals surface area contributed by atoms with Crippen molar-refractivity contribution in [2.45, 2.75) is 65.5 Å². The highest BCUT2D eigenvalue weighted by Gasteiger charge is 2.30. The van der Waals surface area contributed by atoms with Gasteiger partial charge in [-0.15, -0.1) is 0 Å². The number of rotatable bonds is 10. The number of likely N-dealkylation sites (tertiary alicyclic amines) is 2. The van der Waals surface area contributed by atoms with E-state index in [1.165, 1.54) is 10.8 Å². The summed E-state index contributed by atoms with van der Waals surface area (Å²) in [5.41, 5.74) is 11.8. The van der Waals surface area contributed by atoms with E-state index in [9.17, 15) is 9.59 Å². The number of fused-ring (bicyclic) bond motifs is 2. The van der Waals surface area contributed by atoms with Gasteiger partial charge in [0.05, 0.1) is 61.7 Å². The predicted octanol–water partition coefficient (Wildman–Crippen LogP) is 10.9. The number of hydrogen-bond acceptors (Lipinski definition) is 6. The molecule has 4 aromatic heterocycles. The number of carbonyl (C=O) groups is 2. The molecule has 336 valence electrons. The van der Waals surface area contributed by atoms with Crippen LogP contribution < -0.4 is 9.47 Å². The van der Waals surface area contributed by atoms with Gasteiger partial charge in [0.15, 0.2) is 0 Å². The third-order valence-electron chi connectivity index (χ3n) is 12.9. The maximum Gasteiger partial charge on any atom is 0.250 e. The number of piperidine rings is 2. The van der Waals surface area contributed by atoms with Crippen molar-refractivity contribution in [2.24, 2.45) is 0 Å². The Hall–Kier alpha value is -7.60. The monoisotopic (exact) mass is 880 g/mol. The van der Waals surface area contributed by atoms with Crippen LogP contribution in [0.3, 0.4) is 0 Å². The van der Waals surface area contributed by atoms with E-state index in [4.69, 9.17) is 9.47 Å². The fraction of sp³-hybridized carbons (Fsp3) is 0.259. The summed E-state index contributed by atoms with van der Waals surface area (Å²) in [7, 11) is 3.33. The topological polar surface area (TPSA) is 126 Å². The van der Waals surface area contributed by atoms with Crippen LogP contribution in [0.5, 0.6) is 11.5 Å². The van der Waals surface area contributed by atoms with E-state index in [0.29, 0.717) is 0 Å². The lowest BCUT2D eigenvalue weighted by Crippen LogP contribution is -2.38. The number of nitrogens with one attached hydrogen (secondary N) is 2. The number of aromatic amines is 2. The van der Waals surface area contributed by atoms with Crippen LogP contribution in [0.1, 0.15) is 85.3 Å². The lowest BCUT2D eigenvalue weighted by atomic mass is 9.97. The van der Waals surface area contributed by atoms with Gasteiger partial charge in [-0.05, 0) is 124 Å². The van der Waals surface area contributed by atoms with Crippen molar-refractivity contribution in [1.29, 1.82) is 0 Å². The number of amides is 2. The first-order valence-electron chi connectivity index (χ1n) is 22.6. The summed E-state index contributed by atoms with van der Waals surface area (Å²) in [6.45, 7) is 9.67. The molecular formula is C54H56N8O4. The quantitative estimate of drug-likeness (QED) is 0.132.